The zero-order valence-electron chi connectivity index (χ0n) is 13.8. The highest BCUT2D eigenvalue weighted by Gasteiger charge is 2.20. The molecule has 1 aromatic carbocycles. The summed E-state index contributed by atoms with van der Waals surface area (Å²) in [6.45, 7) is 2.21. The number of carbonyl (C=O) groups is 1. The van der Waals surface area contributed by atoms with Crippen LogP contribution in [0.1, 0.15) is 17.5 Å². The third-order valence-corrected chi connectivity index (χ3v) is 4.26. The number of methoxy groups -OCH3 is 1. The molecule has 0 fully saturated rings. The summed E-state index contributed by atoms with van der Waals surface area (Å²) >= 11 is 1.47. The third-order valence-electron chi connectivity index (χ3n) is 3.40. The molecule has 0 radical (unpaired) electrons. The van der Waals surface area contributed by atoms with Crippen molar-refractivity contribution in [2.45, 2.75) is 13.0 Å². The van der Waals surface area contributed by atoms with E-state index < -0.39 is 5.91 Å². The smallest absolute Gasteiger partial charge is 0.291 e. The van der Waals surface area contributed by atoms with Crippen molar-refractivity contribution in [2.75, 3.05) is 13.7 Å². The number of ether oxygens (including phenoxy) is 1. The minimum Gasteiger partial charge on any atom is -0.383 e. The molecule has 3 aromatic rings. The van der Waals surface area contributed by atoms with Crippen molar-refractivity contribution < 1.29 is 13.9 Å². The molecular weight excluding hydrogens is 343 g/mol. The molecule has 1 unspecified atom stereocenters. The fourth-order valence-corrected chi connectivity index (χ4v) is 3.04. The summed E-state index contributed by atoms with van der Waals surface area (Å²) in [5, 5.41) is 8.96. The first-order valence-electron chi connectivity index (χ1n) is 7.65. The Hall–Kier alpha value is -2.58. The molecule has 2 heterocycles. The van der Waals surface area contributed by atoms with Gasteiger partial charge in [-0.15, -0.1) is 16.4 Å². The van der Waals surface area contributed by atoms with Gasteiger partial charge >= 0.3 is 0 Å². The number of hydrogen-bond donors (Lipinski definition) is 1. The number of hydrogen-bond acceptors (Lipinski definition) is 5. The van der Waals surface area contributed by atoms with Crippen molar-refractivity contribution in [3.63, 3.8) is 0 Å². The van der Waals surface area contributed by atoms with Crippen LogP contribution < -0.4 is 5.32 Å². The second-order valence-corrected chi connectivity index (χ2v) is 6.41. The van der Waals surface area contributed by atoms with Crippen LogP contribution in [0.3, 0.4) is 0 Å². The van der Waals surface area contributed by atoms with Gasteiger partial charge in [0.15, 0.2) is 5.82 Å². The number of carbonyl (C=O) groups excluding carboxylic acids is 1. The minimum atomic E-state index is -0.405. The van der Waals surface area contributed by atoms with Gasteiger partial charge in [0.1, 0.15) is 5.82 Å². The number of rotatable bonds is 6. The van der Waals surface area contributed by atoms with Crippen LogP contribution in [-0.2, 0) is 4.74 Å². The molecule has 0 bridgehead atoms. The average Bonchev–Trinajstić information content (AvgIpc) is 3.24. The number of benzene rings is 1. The van der Waals surface area contributed by atoms with Crippen LogP contribution in [0, 0.1) is 5.82 Å². The second-order valence-electron chi connectivity index (χ2n) is 5.46. The van der Waals surface area contributed by atoms with Crippen molar-refractivity contribution in [3.05, 3.63) is 53.4 Å². The maximum absolute atomic E-state index is 13.6. The molecule has 3 rings (SSSR count). The van der Waals surface area contributed by atoms with E-state index in [1.54, 1.807) is 19.2 Å². The lowest BCUT2D eigenvalue weighted by atomic mass is 10.3. The highest BCUT2D eigenvalue weighted by Crippen LogP contribution is 2.25. The van der Waals surface area contributed by atoms with Crippen LogP contribution >= 0.6 is 11.3 Å². The van der Waals surface area contributed by atoms with Crippen LogP contribution in [-0.4, -0.2) is 40.4 Å². The fraction of sp³-hybridized carbons (Fsp3) is 0.235. The summed E-state index contributed by atoms with van der Waals surface area (Å²) in [7, 11) is 1.56. The standard InChI is InChI=1S/C17H17FN4O2S/c1-11(10-24-2)19-17(23)15-20-16(14-7-4-8-25-14)22(21-15)13-6-3-5-12(18)9-13/h3-9,11H,10H2,1-2H3,(H,19,23). The molecule has 0 spiro atoms. The van der Waals surface area contributed by atoms with Gasteiger partial charge in [0.2, 0.25) is 5.82 Å². The highest BCUT2D eigenvalue weighted by molar-refractivity contribution is 7.13. The number of aromatic nitrogens is 3. The Labute approximate surface area is 148 Å². The van der Waals surface area contributed by atoms with E-state index in [0.717, 1.165) is 4.88 Å². The van der Waals surface area contributed by atoms with E-state index in [0.29, 0.717) is 18.1 Å². The molecule has 6 nitrogen and oxygen atoms in total. The number of thiophene rings is 1. The highest BCUT2D eigenvalue weighted by atomic mass is 32.1. The van der Waals surface area contributed by atoms with Gasteiger partial charge in [0, 0.05) is 13.2 Å². The van der Waals surface area contributed by atoms with Gasteiger partial charge in [0.05, 0.1) is 17.2 Å². The normalized spacial score (nSPS) is 12.1. The predicted octanol–water partition coefficient (Wildman–Crippen LogP) is 2.90. The first kappa shape index (κ1) is 17.2. The maximum Gasteiger partial charge on any atom is 0.291 e. The third kappa shape index (κ3) is 3.92. The summed E-state index contributed by atoms with van der Waals surface area (Å²) in [4.78, 5) is 17.6. The first-order chi connectivity index (χ1) is 12.1. The first-order valence-corrected chi connectivity index (χ1v) is 8.53. The molecule has 1 atom stereocenters. The van der Waals surface area contributed by atoms with E-state index in [4.69, 9.17) is 4.74 Å². The van der Waals surface area contributed by atoms with E-state index in [1.807, 2.05) is 24.4 Å². The molecule has 130 valence electrons. The maximum atomic E-state index is 13.6. The molecule has 25 heavy (non-hydrogen) atoms. The van der Waals surface area contributed by atoms with Crippen LogP contribution in [0.25, 0.3) is 16.4 Å². The van der Waals surface area contributed by atoms with Crippen LogP contribution in [0.15, 0.2) is 41.8 Å². The van der Waals surface area contributed by atoms with Crippen molar-refractivity contribution in [3.8, 4) is 16.4 Å². The van der Waals surface area contributed by atoms with Crippen molar-refractivity contribution in [2.24, 2.45) is 0 Å². The van der Waals surface area contributed by atoms with Crippen LogP contribution in [0.4, 0.5) is 4.39 Å². The van der Waals surface area contributed by atoms with Gasteiger partial charge in [0.25, 0.3) is 5.91 Å². The summed E-state index contributed by atoms with van der Waals surface area (Å²) < 4.78 is 20.1. The van der Waals surface area contributed by atoms with E-state index in [1.165, 1.54) is 28.2 Å². The van der Waals surface area contributed by atoms with Crippen molar-refractivity contribution in [1.82, 2.24) is 20.1 Å². The zero-order valence-corrected chi connectivity index (χ0v) is 14.6. The monoisotopic (exact) mass is 360 g/mol. The summed E-state index contributed by atoms with van der Waals surface area (Å²) in [5.74, 6) is -0.275. The lowest BCUT2D eigenvalue weighted by Crippen LogP contribution is -2.36. The molecule has 8 heteroatoms. The fourth-order valence-electron chi connectivity index (χ4n) is 2.34. The Morgan fingerprint density at radius 1 is 1.40 bits per heavy atom. The van der Waals surface area contributed by atoms with Gasteiger partial charge in [-0.3, -0.25) is 4.79 Å². The van der Waals surface area contributed by atoms with Gasteiger partial charge in [-0.05, 0) is 36.6 Å². The lowest BCUT2D eigenvalue weighted by molar-refractivity contribution is 0.0895. The van der Waals surface area contributed by atoms with E-state index in [9.17, 15) is 9.18 Å². The van der Waals surface area contributed by atoms with Crippen LogP contribution in [0.5, 0.6) is 0 Å². The quantitative estimate of drug-likeness (QED) is 0.734. The second kappa shape index (κ2) is 7.54. The molecular formula is C17H17FN4O2S. The Kier molecular flexibility index (Phi) is 5.20. The molecule has 0 aliphatic carbocycles. The molecule has 0 aliphatic heterocycles. The largest absolute Gasteiger partial charge is 0.383 e. The van der Waals surface area contributed by atoms with E-state index >= 15 is 0 Å². The number of amides is 1. The van der Waals surface area contributed by atoms with Gasteiger partial charge in [-0.1, -0.05) is 12.1 Å². The number of nitrogens with zero attached hydrogens (tertiary/aromatic N) is 3. The predicted molar refractivity (Wildman–Crippen MR) is 93.4 cm³/mol. The Balaban J connectivity index is 1.99. The van der Waals surface area contributed by atoms with Gasteiger partial charge in [-0.25, -0.2) is 14.1 Å². The van der Waals surface area contributed by atoms with E-state index in [-0.39, 0.29) is 17.7 Å². The van der Waals surface area contributed by atoms with E-state index in [2.05, 4.69) is 15.4 Å². The summed E-state index contributed by atoms with van der Waals surface area (Å²) in [6.07, 6.45) is 0. The Bertz CT molecular complexity index is 863. The van der Waals surface area contributed by atoms with Crippen LogP contribution in [0.2, 0.25) is 0 Å². The molecule has 0 saturated heterocycles. The number of halogens is 1. The molecule has 1 N–H and O–H groups in total. The SMILES string of the molecule is COCC(C)NC(=O)c1nc(-c2cccs2)n(-c2cccc(F)c2)n1. The molecule has 0 saturated carbocycles. The summed E-state index contributed by atoms with van der Waals surface area (Å²) in [5.41, 5.74) is 0.500. The Morgan fingerprint density at radius 3 is 2.92 bits per heavy atom. The number of nitrogens with one attached hydrogen (secondary N) is 1. The molecule has 0 aliphatic rings. The molecule has 1 amide bonds. The van der Waals surface area contributed by atoms with Crippen molar-refractivity contribution >= 4 is 17.2 Å². The van der Waals surface area contributed by atoms with Crippen molar-refractivity contribution in [1.29, 1.82) is 0 Å². The van der Waals surface area contributed by atoms with Gasteiger partial charge < -0.3 is 10.1 Å². The van der Waals surface area contributed by atoms with Gasteiger partial charge in [-0.2, -0.15) is 0 Å². The average molecular weight is 360 g/mol. The Morgan fingerprint density at radius 2 is 2.24 bits per heavy atom. The zero-order chi connectivity index (χ0) is 17.8. The minimum absolute atomic E-state index is 0.0237. The lowest BCUT2D eigenvalue weighted by Gasteiger charge is -2.10. The topological polar surface area (TPSA) is 69.0 Å². The summed E-state index contributed by atoms with van der Waals surface area (Å²) in [6, 6.07) is 9.58. The molecule has 2 aromatic heterocycles.